The predicted molar refractivity (Wildman–Crippen MR) is 89.1 cm³/mol. The number of furan rings is 1. The minimum Gasteiger partial charge on any atom is -0.463 e. The van der Waals surface area contributed by atoms with Crippen LogP contribution in [0, 0.1) is 0 Å². The van der Waals surface area contributed by atoms with Gasteiger partial charge in [0.15, 0.2) is 0 Å². The third-order valence-corrected chi connectivity index (χ3v) is 4.32. The van der Waals surface area contributed by atoms with Gasteiger partial charge in [-0.2, -0.15) is 0 Å². The van der Waals surface area contributed by atoms with Crippen LogP contribution in [0.15, 0.2) is 41.1 Å². The number of ether oxygens (including phenoxy) is 1. The second-order valence-electron chi connectivity index (χ2n) is 6.31. The molecule has 0 saturated carbocycles. The number of H-pyrrole nitrogens is 1. The molecule has 0 radical (unpaired) electrons. The SMILES string of the molecule is C[C@@H]1CN(Cc2c(-c3ccco3)[nH]c3ncccc23)C[C@H](C)O1. The molecule has 120 valence electrons. The Morgan fingerprint density at radius 1 is 1.22 bits per heavy atom. The lowest BCUT2D eigenvalue weighted by atomic mass is 10.1. The van der Waals surface area contributed by atoms with E-state index >= 15 is 0 Å². The summed E-state index contributed by atoms with van der Waals surface area (Å²) in [5.41, 5.74) is 3.17. The summed E-state index contributed by atoms with van der Waals surface area (Å²) in [6.45, 7) is 7.00. The normalized spacial score (nSPS) is 22.7. The van der Waals surface area contributed by atoms with Gasteiger partial charge < -0.3 is 14.1 Å². The Morgan fingerprint density at radius 3 is 2.78 bits per heavy atom. The molecule has 23 heavy (non-hydrogen) atoms. The van der Waals surface area contributed by atoms with Crippen molar-refractivity contribution in [2.45, 2.75) is 32.6 Å². The van der Waals surface area contributed by atoms with Gasteiger partial charge in [-0.1, -0.05) is 0 Å². The third kappa shape index (κ3) is 2.78. The molecule has 5 nitrogen and oxygen atoms in total. The topological polar surface area (TPSA) is 54.3 Å². The summed E-state index contributed by atoms with van der Waals surface area (Å²) < 4.78 is 11.5. The zero-order chi connectivity index (χ0) is 15.8. The summed E-state index contributed by atoms with van der Waals surface area (Å²) in [5, 5.41) is 1.16. The number of aromatic amines is 1. The molecule has 0 unspecified atom stereocenters. The van der Waals surface area contributed by atoms with E-state index in [1.807, 2.05) is 24.4 Å². The van der Waals surface area contributed by atoms with E-state index in [-0.39, 0.29) is 12.2 Å². The highest BCUT2D eigenvalue weighted by Crippen LogP contribution is 2.31. The molecule has 4 rings (SSSR count). The van der Waals surface area contributed by atoms with E-state index in [2.05, 4.69) is 34.8 Å². The lowest BCUT2D eigenvalue weighted by molar-refractivity contribution is -0.0703. The zero-order valence-corrected chi connectivity index (χ0v) is 13.5. The van der Waals surface area contributed by atoms with E-state index in [0.29, 0.717) is 0 Å². The average molecular weight is 311 g/mol. The molecule has 0 aliphatic carbocycles. The highest BCUT2D eigenvalue weighted by Gasteiger charge is 2.25. The molecule has 1 aliphatic rings. The fourth-order valence-corrected chi connectivity index (χ4v) is 3.51. The van der Waals surface area contributed by atoms with Crippen molar-refractivity contribution in [1.29, 1.82) is 0 Å². The molecule has 1 aliphatic heterocycles. The molecule has 2 atom stereocenters. The fourth-order valence-electron chi connectivity index (χ4n) is 3.51. The van der Waals surface area contributed by atoms with Crippen molar-refractivity contribution in [3.05, 3.63) is 42.3 Å². The van der Waals surface area contributed by atoms with Crippen LogP contribution >= 0.6 is 0 Å². The maximum absolute atomic E-state index is 5.85. The van der Waals surface area contributed by atoms with Gasteiger partial charge in [0.2, 0.25) is 0 Å². The second-order valence-corrected chi connectivity index (χ2v) is 6.31. The van der Waals surface area contributed by atoms with Crippen molar-refractivity contribution >= 4 is 11.0 Å². The number of nitrogens with one attached hydrogen (secondary N) is 1. The van der Waals surface area contributed by atoms with Gasteiger partial charge in [0.25, 0.3) is 0 Å². The summed E-state index contributed by atoms with van der Waals surface area (Å²) in [6.07, 6.45) is 4.04. The Kier molecular flexibility index (Phi) is 3.67. The lowest BCUT2D eigenvalue weighted by Crippen LogP contribution is -2.44. The van der Waals surface area contributed by atoms with Crippen LogP contribution in [0.25, 0.3) is 22.5 Å². The number of aromatic nitrogens is 2. The van der Waals surface area contributed by atoms with Gasteiger partial charge in [0.05, 0.1) is 24.2 Å². The highest BCUT2D eigenvalue weighted by molar-refractivity contribution is 5.87. The molecule has 5 heteroatoms. The largest absolute Gasteiger partial charge is 0.463 e. The molecular weight excluding hydrogens is 290 g/mol. The average Bonchev–Trinajstić information content (AvgIpc) is 3.14. The van der Waals surface area contributed by atoms with Crippen molar-refractivity contribution < 1.29 is 9.15 Å². The van der Waals surface area contributed by atoms with E-state index in [1.54, 1.807) is 6.26 Å². The summed E-state index contributed by atoms with van der Waals surface area (Å²) in [5.74, 6) is 0.854. The second kappa shape index (κ2) is 5.83. The summed E-state index contributed by atoms with van der Waals surface area (Å²) in [4.78, 5) is 10.3. The maximum Gasteiger partial charge on any atom is 0.150 e. The van der Waals surface area contributed by atoms with Gasteiger partial charge in [0.1, 0.15) is 11.4 Å². The van der Waals surface area contributed by atoms with Gasteiger partial charge in [-0.05, 0) is 38.1 Å². The minimum atomic E-state index is 0.258. The Hall–Kier alpha value is -2.11. The van der Waals surface area contributed by atoms with E-state index in [9.17, 15) is 0 Å². The number of rotatable bonds is 3. The van der Waals surface area contributed by atoms with Crippen molar-refractivity contribution in [2.75, 3.05) is 13.1 Å². The molecule has 0 spiro atoms. The lowest BCUT2D eigenvalue weighted by Gasteiger charge is -2.35. The first-order valence-electron chi connectivity index (χ1n) is 8.08. The number of morpholine rings is 1. The zero-order valence-electron chi connectivity index (χ0n) is 13.5. The van der Waals surface area contributed by atoms with E-state index in [4.69, 9.17) is 9.15 Å². The minimum absolute atomic E-state index is 0.258. The van der Waals surface area contributed by atoms with Crippen LogP contribution in [0.4, 0.5) is 0 Å². The van der Waals surface area contributed by atoms with Crippen LogP contribution in [-0.2, 0) is 11.3 Å². The molecule has 1 saturated heterocycles. The van der Waals surface area contributed by atoms with Gasteiger partial charge in [-0.3, -0.25) is 4.90 Å². The van der Waals surface area contributed by atoms with Crippen LogP contribution in [0.3, 0.4) is 0 Å². The van der Waals surface area contributed by atoms with Crippen molar-refractivity contribution in [3.63, 3.8) is 0 Å². The van der Waals surface area contributed by atoms with Gasteiger partial charge in [0, 0.05) is 36.8 Å². The Bertz CT molecular complexity index is 784. The fraction of sp³-hybridized carbons (Fsp3) is 0.389. The first-order chi connectivity index (χ1) is 11.2. The molecule has 1 N–H and O–H groups in total. The standard InChI is InChI=1S/C18H21N3O2/c1-12-9-21(10-13(2)23-12)11-15-14-5-3-7-19-18(14)20-17(15)16-6-4-8-22-16/h3-8,12-13H,9-11H2,1-2H3,(H,19,20)/t12-,13+. The Morgan fingerprint density at radius 2 is 2.04 bits per heavy atom. The van der Waals surface area contributed by atoms with Gasteiger partial charge in [-0.15, -0.1) is 0 Å². The van der Waals surface area contributed by atoms with Crippen molar-refractivity contribution in [1.82, 2.24) is 14.9 Å². The molecule has 0 bridgehead atoms. The van der Waals surface area contributed by atoms with Crippen LogP contribution in [0.2, 0.25) is 0 Å². The Balaban J connectivity index is 1.74. The van der Waals surface area contributed by atoms with Crippen molar-refractivity contribution in [2.24, 2.45) is 0 Å². The molecular formula is C18H21N3O2. The van der Waals surface area contributed by atoms with Crippen LogP contribution in [0.5, 0.6) is 0 Å². The molecule has 0 aromatic carbocycles. The third-order valence-electron chi connectivity index (χ3n) is 4.32. The molecule has 3 aromatic rings. The summed E-state index contributed by atoms with van der Waals surface area (Å²) in [7, 11) is 0. The van der Waals surface area contributed by atoms with Crippen LogP contribution < -0.4 is 0 Å². The quantitative estimate of drug-likeness (QED) is 0.805. The smallest absolute Gasteiger partial charge is 0.150 e. The van der Waals surface area contributed by atoms with Crippen molar-refractivity contribution in [3.8, 4) is 11.5 Å². The molecule has 0 amide bonds. The molecule has 3 aromatic heterocycles. The monoisotopic (exact) mass is 311 g/mol. The molecule has 4 heterocycles. The van der Waals surface area contributed by atoms with Crippen LogP contribution in [0.1, 0.15) is 19.4 Å². The summed E-state index contributed by atoms with van der Waals surface area (Å²) >= 11 is 0. The Labute approximate surface area is 135 Å². The number of fused-ring (bicyclic) bond motifs is 1. The number of hydrogen-bond acceptors (Lipinski definition) is 4. The van der Waals surface area contributed by atoms with E-state index in [1.165, 1.54) is 5.56 Å². The first kappa shape index (κ1) is 14.5. The van der Waals surface area contributed by atoms with E-state index < -0.39 is 0 Å². The maximum atomic E-state index is 5.85. The van der Waals surface area contributed by atoms with E-state index in [0.717, 1.165) is 42.1 Å². The van der Waals surface area contributed by atoms with Gasteiger partial charge >= 0.3 is 0 Å². The molecule has 1 fully saturated rings. The predicted octanol–water partition coefficient (Wildman–Crippen LogP) is 3.43. The first-order valence-corrected chi connectivity index (χ1v) is 8.08. The number of hydrogen-bond donors (Lipinski definition) is 1. The highest BCUT2D eigenvalue weighted by atomic mass is 16.5. The number of nitrogens with zero attached hydrogens (tertiary/aromatic N) is 2. The van der Waals surface area contributed by atoms with Gasteiger partial charge in [-0.25, -0.2) is 4.98 Å². The summed E-state index contributed by atoms with van der Waals surface area (Å²) in [6, 6.07) is 8.00. The van der Waals surface area contributed by atoms with Crippen LogP contribution in [-0.4, -0.2) is 40.2 Å². The number of pyridine rings is 1.